The summed E-state index contributed by atoms with van der Waals surface area (Å²) in [5.74, 6) is 0.0246. The van der Waals surface area contributed by atoms with Crippen molar-refractivity contribution in [1.29, 1.82) is 0 Å². The fourth-order valence-corrected chi connectivity index (χ4v) is 2.41. The minimum atomic E-state index is 0.0246. The number of carbonyl (C=O) groups excluding carboxylic acids is 1. The summed E-state index contributed by atoms with van der Waals surface area (Å²) in [5, 5.41) is 6.28. The smallest absolute Gasteiger partial charge is 0.233 e. The molecule has 0 saturated carbocycles. The summed E-state index contributed by atoms with van der Waals surface area (Å²) in [6, 6.07) is 10.2. The highest BCUT2D eigenvalue weighted by atomic mass is 32.2. The third-order valence-corrected chi connectivity index (χ3v) is 3.55. The van der Waals surface area contributed by atoms with Crippen molar-refractivity contribution in [3.8, 4) is 0 Å². The van der Waals surface area contributed by atoms with Crippen LogP contribution < -0.4 is 10.6 Å². The van der Waals surface area contributed by atoms with E-state index in [1.165, 1.54) is 4.90 Å². The molecule has 0 aliphatic rings. The van der Waals surface area contributed by atoms with E-state index in [4.69, 9.17) is 4.74 Å². The lowest BCUT2D eigenvalue weighted by atomic mass is 10.4. The van der Waals surface area contributed by atoms with Crippen LogP contribution in [0.25, 0.3) is 0 Å². The highest BCUT2D eigenvalue weighted by molar-refractivity contribution is 8.00. The van der Waals surface area contributed by atoms with Crippen LogP contribution in [0.5, 0.6) is 0 Å². The van der Waals surface area contributed by atoms with Gasteiger partial charge in [0.15, 0.2) is 0 Å². The number of benzene rings is 1. The lowest BCUT2D eigenvalue weighted by Gasteiger charge is -2.12. The number of amides is 1. The van der Waals surface area contributed by atoms with Crippen molar-refractivity contribution >= 4 is 17.7 Å². The van der Waals surface area contributed by atoms with Crippen molar-refractivity contribution in [3.63, 3.8) is 0 Å². The maximum Gasteiger partial charge on any atom is 0.233 e. The van der Waals surface area contributed by atoms with Crippen molar-refractivity contribution in [1.82, 2.24) is 10.6 Å². The molecular weight excluding hydrogens is 260 g/mol. The lowest BCUT2D eigenvalue weighted by Crippen LogP contribution is -2.37. The third-order valence-electron chi connectivity index (χ3n) is 2.44. The fourth-order valence-electron chi connectivity index (χ4n) is 1.47. The number of rotatable bonds is 9. The Hall–Kier alpha value is -1.04. The van der Waals surface area contributed by atoms with Crippen molar-refractivity contribution in [2.24, 2.45) is 0 Å². The van der Waals surface area contributed by atoms with Gasteiger partial charge in [0.2, 0.25) is 5.91 Å². The van der Waals surface area contributed by atoms with Crippen LogP contribution in [-0.4, -0.2) is 44.5 Å². The lowest BCUT2D eigenvalue weighted by molar-refractivity contribution is -0.120. The van der Waals surface area contributed by atoms with Gasteiger partial charge in [-0.05, 0) is 12.1 Å². The minimum absolute atomic E-state index is 0.0246. The Labute approximate surface area is 119 Å². The first-order valence-corrected chi connectivity index (χ1v) is 7.28. The molecule has 1 amide bonds. The monoisotopic (exact) mass is 282 g/mol. The zero-order valence-electron chi connectivity index (χ0n) is 11.5. The first-order chi connectivity index (χ1) is 9.22. The number of methoxy groups -OCH3 is 1. The highest BCUT2D eigenvalue weighted by Crippen LogP contribution is 2.21. The zero-order valence-corrected chi connectivity index (χ0v) is 12.3. The van der Waals surface area contributed by atoms with Crippen LogP contribution in [0.3, 0.4) is 0 Å². The summed E-state index contributed by atoms with van der Waals surface area (Å²) in [5.41, 5.74) is 0. The molecule has 0 bridgehead atoms. The van der Waals surface area contributed by atoms with E-state index in [1.54, 1.807) is 18.9 Å². The van der Waals surface area contributed by atoms with Gasteiger partial charge in [0.25, 0.3) is 0 Å². The van der Waals surface area contributed by atoms with Crippen LogP contribution in [0.15, 0.2) is 35.2 Å². The van der Waals surface area contributed by atoms with Gasteiger partial charge in [-0.1, -0.05) is 25.1 Å². The molecule has 0 heterocycles. The van der Waals surface area contributed by atoms with E-state index in [1.807, 2.05) is 18.2 Å². The third kappa shape index (κ3) is 7.87. The van der Waals surface area contributed by atoms with Gasteiger partial charge in [0.05, 0.1) is 13.2 Å². The minimum Gasteiger partial charge on any atom is -0.383 e. The maximum absolute atomic E-state index is 11.5. The molecule has 2 N–H and O–H groups in total. The Morgan fingerprint density at radius 3 is 2.79 bits per heavy atom. The van der Waals surface area contributed by atoms with Gasteiger partial charge in [0, 0.05) is 30.3 Å². The molecule has 19 heavy (non-hydrogen) atoms. The van der Waals surface area contributed by atoms with E-state index in [0.717, 1.165) is 0 Å². The maximum atomic E-state index is 11.5. The number of carbonyl (C=O) groups is 1. The van der Waals surface area contributed by atoms with Crippen molar-refractivity contribution < 1.29 is 9.53 Å². The number of hydrogen-bond donors (Lipinski definition) is 2. The van der Waals surface area contributed by atoms with Crippen LogP contribution in [0.2, 0.25) is 0 Å². The Morgan fingerprint density at radius 1 is 1.37 bits per heavy atom. The highest BCUT2D eigenvalue weighted by Gasteiger charge is 2.06. The van der Waals surface area contributed by atoms with E-state index >= 15 is 0 Å². The molecule has 106 valence electrons. The Bertz CT molecular complexity index is 360. The van der Waals surface area contributed by atoms with Crippen LogP contribution in [-0.2, 0) is 9.53 Å². The second kappa shape index (κ2) is 9.83. The molecule has 0 spiro atoms. The molecule has 1 rings (SSSR count). The topological polar surface area (TPSA) is 50.4 Å². The molecule has 0 saturated heterocycles. The number of ether oxygens (including phenoxy) is 1. The summed E-state index contributed by atoms with van der Waals surface area (Å²) in [7, 11) is 1.64. The molecule has 1 aromatic rings. The predicted molar refractivity (Wildman–Crippen MR) is 79.5 cm³/mol. The molecule has 5 heteroatoms. The molecule has 1 aromatic carbocycles. The average Bonchev–Trinajstić information content (AvgIpc) is 2.42. The average molecular weight is 282 g/mol. The number of nitrogens with one attached hydrogen (secondary N) is 2. The van der Waals surface area contributed by atoms with E-state index in [-0.39, 0.29) is 5.91 Å². The van der Waals surface area contributed by atoms with Gasteiger partial charge in [-0.25, -0.2) is 0 Å². The first kappa shape index (κ1) is 16.0. The van der Waals surface area contributed by atoms with E-state index in [2.05, 4.69) is 29.7 Å². The second-order valence-electron chi connectivity index (χ2n) is 4.22. The molecule has 0 aliphatic carbocycles. The molecule has 0 aliphatic heterocycles. The van der Waals surface area contributed by atoms with Crippen molar-refractivity contribution in [3.05, 3.63) is 30.3 Å². The molecule has 0 radical (unpaired) electrons. The summed E-state index contributed by atoms with van der Waals surface area (Å²) < 4.78 is 4.89. The molecule has 1 atom stereocenters. The SMILES string of the molecule is COCCNCC(=O)NCC(C)Sc1ccccc1. The van der Waals surface area contributed by atoms with Crippen molar-refractivity contribution in [2.75, 3.05) is 33.4 Å². The molecular formula is C14H22N2O2S. The van der Waals surface area contributed by atoms with E-state index in [0.29, 0.717) is 31.5 Å². The Morgan fingerprint density at radius 2 is 2.11 bits per heavy atom. The summed E-state index contributed by atoms with van der Waals surface area (Å²) >= 11 is 1.76. The van der Waals surface area contributed by atoms with Crippen molar-refractivity contribution in [2.45, 2.75) is 17.1 Å². The molecule has 0 fully saturated rings. The van der Waals surface area contributed by atoms with Crippen LogP contribution in [0.4, 0.5) is 0 Å². The van der Waals surface area contributed by atoms with Gasteiger partial charge in [-0.2, -0.15) is 0 Å². The number of hydrogen-bond acceptors (Lipinski definition) is 4. The normalized spacial score (nSPS) is 12.1. The molecule has 0 aromatic heterocycles. The zero-order chi connectivity index (χ0) is 13.9. The fraction of sp³-hybridized carbons (Fsp3) is 0.500. The van der Waals surface area contributed by atoms with Gasteiger partial charge < -0.3 is 15.4 Å². The quantitative estimate of drug-likeness (QED) is 0.532. The second-order valence-corrected chi connectivity index (χ2v) is 5.73. The van der Waals surface area contributed by atoms with Crippen LogP contribution in [0, 0.1) is 0 Å². The Kier molecular flexibility index (Phi) is 8.29. The Balaban J connectivity index is 2.12. The van der Waals surface area contributed by atoms with E-state index in [9.17, 15) is 4.79 Å². The number of thioether (sulfide) groups is 1. The van der Waals surface area contributed by atoms with E-state index < -0.39 is 0 Å². The van der Waals surface area contributed by atoms with Gasteiger partial charge >= 0.3 is 0 Å². The van der Waals surface area contributed by atoms with Crippen LogP contribution in [0.1, 0.15) is 6.92 Å². The first-order valence-electron chi connectivity index (χ1n) is 6.40. The molecule has 1 unspecified atom stereocenters. The summed E-state index contributed by atoms with van der Waals surface area (Å²) in [6.45, 7) is 4.43. The standard InChI is InChI=1S/C14H22N2O2S/c1-12(19-13-6-4-3-5-7-13)10-16-14(17)11-15-8-9-18-2/h3-7,12,15H,8-11H2,1-2H3,(H,16,17). The van der Waals surface area contributed by atoms with Gasteiger partial charge in [0.1, 0.15) is 0 Å². The summed E-state index contributed by atoms with van der Waals surface area (Å²) in [6.07, 6.45) is 0. The van der Waals surface area contributed by atoms with Gasteiger partial charge in [-0.3, -0.25) is 4.79 Å². The predicted octanol–water partition coefficient (Wildman–Crippen LogP) is 1.52. The largest absolute Gasteiger partial charge is 0.383 e. The van der Waals surface area contributed by atoms with Crippen LogP contribution >= 0.6 is 11.8 Å². The molecule has 4 nitrogen and oxygen atoms in total. The summed E-state index contributed by atoms with van der Waals surface area (Å²) in [4.78, 5) is 12.8. The van der Waals surface area contributed by atoms with Gasteiger partial charge in [-0.15, -0.1) is 11.8 Å².